The standard InChI is InChI=1S/C35H53N5O6/c1-5-6-7-8-9-10-11-18-31(41)37-23-32(42)40-19-14-17-30(40)34(44)38-28(21-25-22-36-27-16-13-12-15-26(25)27)33(43)39-29(20-24(2)3)35(45)46-4/h12-13,15-16,22,24,28-30,36H,5-11,14,17-21,23H2,1-4H3,(H,37,41)(H,38,44)(H,39,43)/t28-,29-,30-/m0/s1. The van der Waals surface area contributed by atoms with E-state index in [-0.39, 0.29) is 30.7 Å². The number of nitrogens with one attached hydrogen (secondary N) is 4. The Morgan fingerprint density at radius 3 is 2.41 bits per heavy atom. The fourth-order valence-corrected chi connectivity index (χ4v) is 6.04. The van der Waals surface area contributed by atoms with Gasteiger partial charge in [0.1, 0.15) is 18.1 Å². The zero-order valence-electron chi connectivity index (χ0n) is 28.0. The summed E-state index contributed by atoms with van der Waals surface area (Å²) in [6.07, 6.45) is 11.5. The molecular weight excluding hydrogens is 586 g/mol. The summed E-state index contributed by atoms with van der Waals surface area (Å²) in [4.78, 5) is 70.0. The summed E-state index contributed by atoms with van der Waals surface area (Å²) in [7, 11) is 1.27. The minimum Gasteiger partial charge on any atom is -0.467 e. The van der Waals surface area contributed by atoms with E-state index in [2.05, 4.69) is 27.9 Å². The van der Waals surface area contributed by atoms with Gasteiger partial charge in [0, 0.05) is 36.5 Å². The molecule has 46 heavy (non-hydrogen) atoms. The zero-order valence-corrected chi connectivity index (χ0v) is 28.0. The van der Waals surface area contributed by atoms with Crippen LogP contribution in [-0.4, -0.2) is 77.8 Å². The largest absolute Gasteiger partial charge is 0.467 e. The van der Waals surface area contributed by atoms with Crippen LogP contribution in [0.3, 0.4) is 0 Å². The fraction of sp³-hybridized carbons (Fsp3) is 0.629. The Morgan fingerprint density at radius 1 is 0.978 bits per heavy atom. The van der Waals surface area contributed by atoms with E-state index in [0.29, 0.717) is 32.2 Å². The number of ether oxygens (including phenoxy) is 1. The normalized spacial score (nSPS) is 15.8. The summed E-state index contributed by atoms with van der Waals surface area (Å²) in [5, 5.41) is 9.31. The Labute approximate surface area is 273 Å². The van der Waals surface area contributed by atoms with Crippen LogP contribution in [0.2, 0.25) is 0 Å². The van der Waals surface area contributed by atoms with Crippen molar-refractivity contribution >= 4 is 40.5 Å². The number of unbranched alkanes of at least 4 members (excludes halogenated alkanes) is 6. The van der Waals surface area contributed by atoms with Crippen molar-refractivity contribution in [3.63, 3.8) is 0 Å². The highest BCUT2D eigenvalue weighted by atomic mass is 16.5. The molecule has 4 amide bonds. The summed E-state index contributed by atoms with van der Waals surface area (Å²) in [6.45, 7) is 6.29. The predicted octanol–water partition coefficient (Wildman–Crippen LogP) is 4.15. The molecular formula is C35H53N5O6. The molecule has 0 unspecified atom stereocenters. The van der Waals surface area contributed by atoms with Gasteiger partial charge in [-0.15, -0.1) is 0 Å². The topological polar surface area (TPSA) is 150 Å². The van der Waals surface area contributed by atoms with E-state index in [1.165, 1.54) is 37.7 Å². The van der Waals surface area contributed by atoms with Crippen molar-refractivity contribution in [3.8, 4) is 0 Å². The molecule has 3 atom stereocenters. The number of carbonyl (C=O) groups excluding carboxylic acids is 5. The Morgan fingerprint density at radius 2 is 1.70 bits per heavy atom. The number of carbonyl (C=O) groups is 5. The molecule has 2 aromatic rings. The number of H-pyrrole nitrogens is 1. The monoisotopic (exact) mass is 639 g/mol. The van der Waals surface area contributed by atoms with E-state index in [9.17, 15) is 24.0 Å². The van der Waals surface area contributed by atoms with Gasteiger partial charge in [0.05, 0.1) is 13.7 Å². The van der Waals surface area contributed by atoms with E-state index in [1.807, 2.05) is 44.3 Å². The molecule has 0 spiro atoms. The van der Waals surface area contributed by atoms with Gasteiger partial charge in [-0.1, -0.05) is 77.5 Å². The first-order valence-corrected chi connectivity index (χ1v) is 16.9. The Kier molecular flexibility index (Phi) is 15.1. The van der Waals surface area contributed by atoms with Gasteiger partial charge in [0.15, 0.2) is 0 Å². The maximum Gasteiger partial charge on any atom is 0.328 e. The van der Waals surface area contributed by atoms with Gasteiger partial charge in [-0.25, -0.2) is 4.79 Å². The number of para-hydroxylation sites is 1. The van der Waals surface area contributed by atoms with Crippen molar-refractivity contribution < 1.29 is 28.7 Å². The number of nitrogens with zero attached hydrogens (tertiary/aromatic N) is 1. The van der Waals surface area contributed by atoms with Gasteiger partial charge in [0.2, 0.25) is 23.6 Å². The smallest absolute Gasteiger partial charge is 0.328 e. The van der Waals surface area contributed by atoms with Crippen LogP contribution < -0.4 is 16.0 Å². The first-order chi connectivity index (χ1) is 22.1. The molecule has 254 valence electrons. The highest BCUT2D eigenvalue weighted by Crippen LogP contribution is 2.21. The molecule has 1 aromatic heterocycles. The minimum atomic E-state index is -1.01. The summed E-state index contributed by atoms with van der Waals surface area (Å²) in [5.41, 5.74) is 1.73. The second-order valence-electron chi connectivity index (χ2n) is 12.7. The predicted molar refractivity (Wildman–Crippen MR) is 178 cm³/mol. The number of hydrogen-bond acceptors (Lipinski definition) is 6. The molecule has 1 aliphatic rings. The van der Waals surface area contributed by atoms with Crippen molar-refractivity contribution in [3.05, 3.63) is 36.0 Å². The van der Waals surface area contributed by atoms with Crippen LogP contribution in [0.5, 0.6) is 0 Å². The molecule has 0 aliphatic carbocycles. The Bertz CT molecular complexity index is 1310. The summed E-state index contributed by atoms with van der Waals surface area (Å²) >= 11 is 0. The van der Waals surface area contributed by atoms with Gasteiger partial charge in [0.25, 0.3) is 0 Å². The molecule has 0 bridgehead atoms. The van der Waals surface area contributed by atoms with Gasteiger partial charge >= 0.3 is 5.97 Å². The number of hydrogen-bond donors (Lipinski definition) is 4. The highest BCUT2D eigenvalue weighted by Gasteiger charge is 2.36. The lowest BCUT2D eigenvalue weighted by molar-refractivity contribution is -0.146. The second-order valence-corrected chi connectivity index (χ2v) is 12.7. The molecule has 0 radical (unpaired) electrons. The quantitative estimate of drug-likeness (QED) is 0.134. The molecule has 1 aromatic carbocycles. The van der Waals surface area contributed by atoms with Crippen molar-refractivity contribution in [2.45, 2.75) is 116 Å². The molecule has 3 rings (SSSR count). The van der Waals surface area contributed by atoms with Crippen LogP contribution in [0.25, 0.3) is 10.9 Å². The molecule has 0 saturated carbocycles. The number of fused-ring (bicyclic) bond motifs is 1. The summed E-state index contributed by atoms with van der Waals surface area (Å²) in [5.74, 6) is -1.90. The molecule has 1 fully saturated rings. The van der Waals surface area contributed by atoms with Crippen LogP contribution in [-0.2, 0) is 35.1 Å². The first-order valence-electron chi connectivity index (χ1n) is 16.9. The lowest BCUT2D eigenvalue weighted by Gasteiger charge is -2.27. The maximum absolute atomic E-state index is 13.7. The highest BCUT2D eigenvalue weighted by molar-refractivity contribution is 5.95. The molecule has 2 heterocycles. The lowest BCUT2D eigenvalue weighted by Crippen LogP contribution is -2.56. The summed E-state index contributed by atoms with van der Waals surface area (Å²) < 4.78 is 4.93. The average molecular weight is 640 g/mol. The lowest BCUT2D eigenvalue weighted by atomic mass is 10.0. The number of benzene rings is 1. The molecule has 11 heteroatoms. The van der Waals surface area contributed by atoms with Gasteiger partial charge in [-0.3, -0.25) is 19.2 Å². The van der Waals surface area contributed by atoms with Crippen molar-refractivity contribution in [1.29, 1.82) is 0 Å². The SMILES string of the molecule is CCCCCCCCCC(=O)NCC(=O)N1CCC[C@H]1C(=O)N[C@@H](Cc1c[nH]c2ccccc12)C(=O)N[C@@H](CC(C)C)C(=O)OC. The third kappa shape index (κ3) is 11.2. The summed E-state index contributed by atoms with van der Waals surface area (Å²) in [6, 6.07) is 5.03. The molecule has 11 nitrogen and oxygen atoms in total. The van der Waals surface area contributed by atoms with Crippen molar-refractivity contribution in [2.75, 3.05) is 20.2 Å². The third-order valence-electron chi connectivity index (χ3n) is 8.56. The van der Waals surface area contributed by atoms with Crippen LogP contribution in [0, 0.1) is 5.92 Å². The Balaban J connectivity index is 1.64. The third-order valence-corrected chi connectivity index (χ3v) is 8.56. The number of aromatic nitrogens is 1. The van der Waals surface area contributed by atoms with Gasteiger partial charge in [-0.2, -0.15) is 0 Å². The van der Waals surface area contributed by atoms with E-state index in [1.54, 1.807) is 0 Å². The van der Waals surface area contributed by atoms with Crippen LogP contribution >= 0.6 is 0 Å². The van der Waals surface area contributed by atoms with Crippen molar-refractivity contribution in [2.24, 2.45) is 5.92 Å². The average Bonchev–Trinajstić information content (AvgIpc) is 3.70. The molecule has 4 N–H and O–H groups in total. The van der Waals surface area contributed by atoms with Crippen LogP contribution in [0.4, 0.5) is 0 Å². The van der Waals surface area contributed by atoms with Crippen molar-refractivity contribution in [1.82, 2.24) is 25.8 Å². The van der Waals surface area contributed by atoms with E-state index in [0.717, 1.165) is 35.7 Å². The number of methoxy groups -OCH3 is 1. The Hall–Kier alpha value is -3.89. The second kappa shape index (κ2) is 18.9. The van der Waals surface area contributed by atoms with Gasteiger partial charge in [-0.05, 0) is 43.2 Å². The number of rotatable bonds is 19. The number of esters is 1. The molecule has 1 aliphatic heterocycles. The zero-order chi connectivity index (χ0) is 33.5. The van der Waals surface area contributed by atoms with Gasteiger partial charge < -0.3 is 30.6 Å². The van der Waals surface area contributed by atoms with E-state index >= 15 is 0 Å². The fourth-order valence-electron chi connectivity index (χ4n) is 6.04. The maximum atomic E-state index is 13.7. The van der Waals surface area contributed by atoms with E-state index < -0.39 is 35.9 Å². The first kappa shape index (κ1) is 36.6. The molecule has 1 saturated heterocycles. The van der Waals surface area contributed by atoms with E-state index in [4.69, 9.17) is 4.74 Å². The van der Waals surface area contributed by atoms with Crippen LogP contribution in [0.15, 0.2) is 30.5 Å². The number of amides is 4. The van der Waals surface area contributed by atoms with Crippen LogP contribution in [0.1, 0.15) is 97.0 Å². The number of likely N-dealkylation sites (tertiary alicyclic amines) is 1. The minimum absolute atomic E-state index is 0.111. The number of aromatic amines is 1.